The van der Waals surface area contributed by atoms with Gasteiger partial charge in [0.05, 0.1) is 0 Å². The molecule has 0 N–H and O–H groups in total. The van der Waals surface area contributed by atoms with Crippen LogP contribution in [0.3, 0.4) is 0 Å². The van der Waals surface area contributed by atoms with Crippen molar-refractivity contribution in [1.29, 1.82) is 0 Å². The highest BCUT2D eigenvalue weighted by Gasteiger charge is 2.34. The maximum absolute atomic E-state index is 12.6. The number of rotatable bonds is 6. The number of hydrogen-bond acceptors (Lipinski definition) is 8. The first-order chi connectivity index (χ1) is 12.4. The van der Waals surface area contributed by atoms with Gasteiger partial charge in [-0.05, 0) is 32.8 Å². The Kier molecular flexibility index (Phi) is 4.10. The van der Waals surface area contributed by atoms with Crippen LogP contribution in [-0.2, 0) is 15.6 Å². The second-order valence-corrected chi connectivity index (χ2v) is 8.92. The smallest absolute Gasteiger partial charge is 0.244 e. The molecule has 0 bridgehead atoms. The van der Waals surface area contributed by atoms with Gasteiger partial charge >= 0.3 is 0 Å². The number of benzene rings is 1. The zero-order valence-corrected chi connectivity index (χ0v) is 15.2. The van der Waals surface area contributed by atoms with Crippen molar-refractivity contribution < 1.29 is 17.5 Å². The van der Waals surface area contributed by atoms with E-state index in [1.165, 1.54) is 6.92 Å². The first-order valence-electron chi connectivity index (χ1n) is 8.37. The van der Waals surface area contributed by atoms with Crippen LogP contribution in [0.1, 0.15) is 54.1 Å². The van der Waals surface area contributed by atoms with Gasteiger partial charge in [-0.25, -0.2) is 8.42 Å². The van der Waals surface area contributed by atoms with Crippen molar-refractivity contribution in [2.24, 2.45) is 0 Å². The number of sulfone groups is 1. The van der Waals surface area contributed by atoms with Crippen LogP contribution >= 0.6 is 0 Å². The van der Waals surface area contributed by atoms with Crippen LogP contribution in [0.4, 0.5) is 0 Å². The Balaban J connectivity index is 1.52. The fraction of sp³-hybridized carbons (Fsp3) is 0.412. The molecular formula is C17H18N4O4S. The molecule has 3 aromatic rings. The zero-order chi connectivity index (χ0) is 18.3. The van der Waals surface area contributed by atoms with E-state index in [0.29, 0.717) is 17.6 Å². The van der Waals surface area contributed by atoms with E-state index < -0.39 is 15.1 Å². The Morgan fingerprint density at radius 1 is 1.19 bits per heavy atom. The van der Waals surface area contributed by atoms with Crippen LogP contribution in [0.15, 0.2) is 33.3 Å². The van der Waals surface area contributed by atoms with E-state index in [9.17, 15) is 8.42 Å². The molecule has 2 heterocycles. The second kappa shape index (κ2) is 6.31. The van der Waals surface area contributed by atoms with Gasteiger partial charge in [0.2, 0.25) is 17.6 Å². The predicted octanol–water partition coefficient (Wildman–Crippen LogP) is 2.98. The average Bonchev–Trinajstić information content (AvgIpc) is 3.16. The molecule has 1 aliphatic carbocycles. The molecule has 4 rings (SSSR count). The Hall–Kier alpha value is -2.55. The van der Waals surface area contributed by atoms with Crippen LogP contribution in [-0.4, -0.2) is 28.7 Å². The molecule has 0 spiro atoms. The molecule has 1 unspecified atom stereocenters. The molecule has 26 heavy (non-hydrogen) atoms. The van der Waals surface area contributed by atoms with Gasteiger partial charge < -0.3 is 9.05 Å². The van der Waals surface area contributed by atoms with Gasteiger partial charge in [0.25, 0.3) is 0 Å². The van der Waals surface area contributed by atoms with Crippen LogP contribution in [0.25, 0.3) is 11.4 Å². The lowest BCUT2D eigenvalue weighted by molar-refractivity contribution is 0.369. The molecule has 8 nitrogen and oxygen atoms in total. The van der Waals surface area contributed by atoms with E-state index in [-0.39, 0.29) is 17.5 Å². The topological polar surface area (TPSA) is 112 Å². The van der Waals surface area contributed by atoms with E-state index in [0.717, 1.165) is 24.0 Å². The van der Waals surface area contributed by atoms with Crippen molar-refractivity contribution in [3.05, 3.63) is 47.4 Å². The van der Waals surface area contributed by atoms with E-state index in [4.69, 9.17) is 9.05 Å². The predicted molar refractivity (Wildman–Crippen MR) is 91.8 cm³/mol. The van der Waals surface area contributed by atoms with Gasteiger partial charge in [0.15, 0.2) is 15.7 Å². The first-order valence-corrected chi connectivity index (χ1v) is 10.1. The molecule has 136 valence electrons. The summed E-state index contributed by atoms with van der Waals surface area (Å²) in [6.07, 6.45) is 2.04. The molecule has 0 saturated heterocycles. The van der Waals surface area contributed by atoms with E-state index in [1.807, 2.05) is 31.2 Å². The lowest BCUT2D eigenvalue weighted by Crippen LogP contribution is -2.13. The van der Waals surface area contributed by atoms with E-state index in [2.05, 4.69) is 20.3 Å². The maximum Gasteiger partial charge on any atom is 0.244 e. The van der Waals surface area contributed by atoms with Crippen LogP contribution in [0.5, 0.6) is 0 Å². The van der Waals surface area contributed by atoms with Crippen molar-refractivity contribution in [3.63, 3.8) is 0 Å². The third-order valence-corrected chi connectivity index (χ3v) is 6.28. The Morgan fingerprint density at radius 3 is 2.73 bits per heavy atom. The summed E-state index contributed by atoms with van der Waals surface area (Å²) in [5.74, 6) is 1.01. The summed E-state index contributed by atoms with van der Waals surface area (Å²) in [7, 11) is -3.63. The minimum absolute atomic E-state index is 0.0373. The largest absolute Gasteiger partial charge is 0.338 e. The van der Waals surface area contributed by atoms with Gasteiger partial charge in [-0.2, -0.15) is 9.97 Å². The van der Waals surface area contributed by atoms with Crippen molar-refractivity contribution in [1.82, 2.24) is 20.3 Å². The molecule has 9 heteroatoms. The fourth-order valence-corrected chi connectivity index (χ4v) is 3.70. The molecule has 2 aromatic heterocycles. The zero-order valence-electron chi connectivity index (χ0n) is 14.4. The highest BCUT2D eigenvalue weighted by molar-refractivity contribution is 7.90. The van der Waals surface area contributed by atoms with Gasteiger partial charge in [-0.15, -0.1) is 0 Å². The summed E-state index contributed by atoms with van der Waals surface area (Å²) in [6, 6.07) is 7.59. The number of hydrogen-bond donors (Lipinski definition) is 0. The van der Waals surface area contributed by atoms with Crippen LogP contribution in [0, 0.1) is 6.92 Å². The lowest BCUT2D eigenvalue weighted by atomic mass is 10.1. The lowest BCUT2D eigenvalue weighted by Gasteiger charge is -2.05. The van der Waals surface area contributed by atoms with Gasteiger partial charge in [0.1, 0.15) is 11.0 Å². The van der Waals surface area contributed by atoms with Gasteiger partial charge in [-0.3, -0.25) is 0 Å². The second-order valence-electron chi connectivity index (χ2n) is 6.60. The van der Waals surface area contributed by atoms with Crippen molar-refractivity contribution in [2.45, 2.75) is 43.6 Å². The summed E-state index contributed by atoms with van der Waals surface area (Å²) in [4.78, 5) is 8.42. The van der Waals surface area contributed by atoms with Gasteiger partial charge in [0, 0.05) is 11.5 Å². The highest BCUT2D eigenvalue weighted by Crippen LogP contribution is 2.39. The van der Waals surface area contributed by atoms with Crippen molar-refractivity contribution in [3.8, 4) is 11.4 Å². The quantitative estimate of drug-likeness (QED) is 0.647. The summed E-state index contributed by atoms with van der Waals surface area (Å²) in [5, 5.41) is 6.81. The maximum atomic E-state index is 12.6. The molecular weight excluding hydrogens is 356 g/mol. The summed E-state index contributed by atoms with van der Waals surface area (Å²) in [5.41, 5.74) is 1.83. The minimum atomic E-state index is -3.63. The standard InChI is InChI=1S/C17H18N4O4S/c1-10-4-3-5-13(8-10)16-18-14(24-20-16)9-26(22,23)11(2)17-19-15(21-25-17)12-6-7-12/h3-5,8,11-12H,6-7,9H2,1-2H3. The average molecular weight is 374 g/mol. The highest BCUT2D eigenvalue weighted by atomic mass is 32.2. The normalized spacial score (nSPS) is 15.9. The Labute approximate surface area is 150 Å². The minimum Gasteiger partial charge on any atom is -0.338 e. The third-order valence-electron chi connectivity index (χ3n) is 4.36. The number of aryl methyl sites for hydroxylation is 1. The van der Waals surface area contributed by atoms with E-state index in [1.54, 1.807) is 0 Å². The van der Waals surface area contributed by atoms with Crippen molar-refractivity contribution >= 4 is 9.84 Å². The summed E-state index contributed by atoms with van der Waals surface area (Å²) < 4.78 is 35.5. The van der Waals surface area contributed by atoms with Crippen molar-refractivity contribution in [2.75, 3.05) is 0 Å². The molecule has 0 radical (unpaired) electrons. The molecule has 1 aliphatic rings. The number of aromatic nitrogens is 4. The molecule has 0 amide bonds. The van der Waals surface area contributed by atoms with E-state index >= 15 is 0 Å². The number of nitrogens with zero attached hydrogens (tertiary/aromatic N) is 4. The molecule has 0 aliphatic heterocycles. The Morgan fingerprint density at radius 2 is 2.00 bits per heavy atom. The first kappa shape index (κ1) is 16.9. The fourth-order valence-electron chi connectivity index (χ4n) is 2.59. The monoisotopic (exact) mass is 374 g/mol. The third kappa shape index (κ3) is 3.39. The summed E-state index contributed by atoms with van der Waals surface area (Å²) >= 11 is 0. The SMILES string of the molecule is Cc1cccc(-c2noc(CS(=O)(=O)C(C)c3nc(C4CC4)no3)n2)c1. The van der Waals surface area contributed by atoms with Crippen LogP contribution < -0.4 is 0 Å². The molecule has 1 saturated carbocycles. The molecule has 1 aromatic carbocycles. The molecule has 1 atom stereocenters. The summed E-state index contributed by atoms with van der Waals surface area (Å²) in [6.45, 7) is 3.48. The molecule has 1 fully saturated rings. The van der Waals surface area contributed by atoms with Gasteiger partial charge in [-0.1, -0.05) is 34.1 Å². The van der Waals surface area contributed by atoms with Crippen LogP contribution in [0.2, 0.25) is 0 Å². The Bertz CT molecular complexity index is 1040.